The SMILES string of the molecule is [B]C([B])([B])NC(=O)c1cncc(B2OC(C)(C)C(C)(C)O2)c1. The van der Waals surface area contributed by atoms with Crippen molar-refractivity contribution in [3.8, 4) is 0 Å². The fourth-order valence-corrected chi connectivity index (χ4v) is 1.96. The number of amides is 1. The van der Waals surface area contributed by atoms with Crippen molar-refractivity contribution >= 4 is 42.0 Å². The van der Waals surface area contributed by atoms with Crippen LogP contribution in [0.4, 0.5) is 0 Å². The molecule has 1 amide bonds. The number of rotatable bonds is 3. The molecule has 0 saturated carbocycles. The topological polar surface area (TPSA) is 60.5 Å². The summed E-state index contributed by atoms with van der Waals surface area (Å²) in [5.41, 5.74) is -0.0610. The summed E-state index contributed by atoms with van der Waals surface area (Å²) in [4.78, 5) is 16.0. The second-order valence-electron chi connectivity index (χ2n) is 6.48. The molecule has 1 aliphatic rings. The third-order valence-electron chi connectivity index (χ3n) is 3.88. The predicted molar refractivity (Wildman–Crippen MR) is 87.4 cm³/mol. The summed E-state index contributed by atoms with van der Waals surface area (Å²) >= 11 is 0. The Morgan fingerprint density at radius 3 is 2.23 bits per heavy atom. The molecule has 1 aromatic rings. The minimum absolute atomic E-state index is 0.262. The van der Waals surface area contributed by atoms with Crippen molar-refractivity contribution in [2.75, 3.05) is 0 Å². The first-order valence-electron chi connectivity index (χ1n) is 6.91. The van der Waals surface area contributed by atoms with Gasteiger partial charge in [0, 0.05) is 17.9 Å². The lowest BCUT2D eigenvalue weighted by Crippen LogP contribution is -2.50. The van der Waals surface area contributed by atoms with E-state index in [1.165, 1.54) is 6.20 Å². The maximum absolute atomic E-state index is 12.0. The fourth-order valence-electron chi connectivity index (χ4n) is 1.96. The molecule has 0 aliphatic carbocycles. The Morgan fingerprint density at radius 1 is 1.18 bits per heavy atom. The summed E-state index contributed by atoms with van der Waals surface area (Å²) in [6.07, 6.45) is 2.97. The van der Waals surface area contributed by atoms with Crippen LogP contribution in [0.3, 0.4) is 0 Å². The van der Waals surface area contributed by atoms with Gasteiger partial charge in [0.15, 0.2) is 0 Å². The molecule has 2 rings (SSSR count). The normalized spacial score (nSPS) is 19.9. The summed E-state index contributed by atoms with van der Waals surface area (Å²) in [6.45, 7) is 7.79. The highest BCUT2D eigenvalue weighted by molar-refractivity contribution is 6.62. The van der Waals surface area contributed by atoms with Crippen LogP contribution in [0.1, 0.15) is 38.1 Å². The molecule has 1 fully saturated rings. The van der Waals surface area contributed by atoms with E-state index in [0.29, 0.717) is 5.46 Å². The van der Waals surface area contributed by atoms with Gasteiger partial charge in [-0.25, -0.2) is 0 Å². The molecule has 1 aromatic heterocycles. The molecular formula is C13H16B4N2O3. The molecule has 22 heavy (non-hydrogen) atoms. The van der Waals surface area contributed by atoms with Crippen molar-refractivity contribution in [1.82, 2.24) is 10.3 Å². The molecule has 9 heteroatoms. The van der Waals surface area contributed by atoms with E-state index in [2.05, 4.69) is 10.3 Å². The van der Waals surface area contributed by atoms with Crippen LogP contribution in [0.5, 0.6) is 0 Å². The first-order valence-corrected chi connectivity index (χ1v) is 6.91. The maximum Gasteiger partial charge on any atom is 0.496 e. The molecule has 0 atom stereocenters. The zero-order chi connectivity index (χ0) is 16.8. The standard InChI is InChI=1S/C13H16B4N2O3/c1-11(2)12(3,4)22-17(21-11)9-5-8(6-18-7-9)10(20)19-13(14,15)16/h5-7H,1-4H3,(H,19,20). The van der Waals surface area contributed by atoms with E-state index < -0.39 is 29.5 Å². The number of nitrogens with one attached hydrogen (secondary N) is 1. The second-order valence-corrected chi connectivity index (χ2v) is 6.48. The summed E-state index contributed by atoms with van der Waals surface area (Å²) in [5.74, 6) is -0.529. The Hall–Kier alpha value is -1.20. The van der Waals surface area contributed by atoms with Crippen LogP contribution in [0, 0.1) is 0 Å². The van der Waals surface area contributed by atoms with Gasteiger partial charge in [0.2, 0.25) is 0 Å². The van der Waals surface area contributed by atoms with E-state index in [1.807, 2.05) is 27.7 Å². The summed E-state index contributed by atoms with van der Waals surface area (Å²) in [6, 6.07) is 1.61. The van der Waals surface area contributed by atoms with Gasteiger partial charge in [0.1, 0.15) is 0 Å². The van der Waals surface area contributed by atoms with Crippen molar-refractivity contribution in [3.05, 3.63) is 24.0 Å². The third-order valence-corrected chi connectivity index (χ3v) is 3.88. The molecule has 5 nitrogen and oxygen atoms in total. The zero-order valence-electron chi connectivity index (χ0n) is 13.2. The number of aromatic nitrogens is 1. The Bertz CT molecular complexity index is 571. The Labute approximate surface area is 135 Å². The van der Waals surface area contributed by atoms with Crippen LogP contribution < -0.4 is 10.8 Å². The maximum atomic E-state index is 12.0. The van der Waals surface area contributed by atoms with Crippen molar-refractivity contribution < 1.29 is 14.1 Å². The number of carbonyl (C=O) groups is 1. The lowest BCUT2D eigenvalue weighted by atomic mass is 9.49. The Morgan fingerprint density at radius 2 is 1.73 bits per heavy atom. The summed E-state index contributed by atoms with van der Waals surface area (Å²) in [5, 5.41) is 0.464. The first-order chi connectivity index (χ1) is 9.91. The van der Waals surface area contributed by atoms with E-state index in [1.54, 1.807) is 12.3 Å². The minimum Gasteiger partial charge on any atom is -0.399 e. The van der Waals surface area contributed by atoms with Crippen molar-refractivity contribution in [2.24, 2.45) is 0 Å². The molecule has 0 spiro atoms. The molecule has 0 unspecified atom stereocenters. The largest absolute Gasteiger partial charge is 0.496 e. The molecule has 1 saturated heterocycles. The number of pyridine rings is 1. The first kappa shape index (κ1) is 17.2. The molecule has 1 N–H and O–H groups in total. The van der Waals surface area contributed by atoms with Crippen LogP contribution >= 0.6 is 0 Å². The highest BCUT2D eigenvalue weighted by atomic mass is 16.7. The zero-order valence-corrected chi connectivity index (χ0v) is 13.2. The fraction of sp³-hybridized carbons (Fsp3) is 0.538. The molecule has 0 bridgehead atoms. The lowest BCUT2D eigenvalue weighted by Gasteiger charge is -2.32. The predicted octanol–water partition coefficient (Wildman–Crippen LogP) is -0.773. The average molecular weight is 292 g/mol. The van der Waals surface area contributed by atoms with Gasteiger partial charge in [-0.1, -0.05) is 5.24 Å². The van der Waals surface area contributed by atoms with E-state index >= 15 is 0 Å². The number of hydrogen-bond acceptors (Lipinski definition) is 4. The molecule has 108 valence electrons. The van der Waals surface area contributed by atoms with Crippen molar-refractivity contribution in [3.63, 3.8) is 0 Å². The Balaban J connectivity index is 2.22. The molecule has 1 aliphatic heterocycles. The molecular weight excluding hydrogens is 275 g/mol. The van der Waals surface area contributed by atoms with Gasteiger partial charge >= 0.3 is 7.12 Å². The smallest absolute Gasteiger partial charge is 0.399 e. The third kappa shape index (κ3) is 3.58. The van der Waals surface area contributed by atoms with E-state index in [9.17, 15) is 4.79 Å². The average Bonchev–Trinajstić information content (AvgIpc) is 2.57. The van der Waals surface area contributed by atoms with Gasteiger partial charge in [-0.2, -0.15) is 0 Å². The van der Waals surface area contributed by atoms with Gasteiger partial charge in [-0.3, -0.25) is 9.78 Å². The number of carbonyl (C=O) groups excluding carboxylic acids is 1. The second kappa shape index (κ2) is 5.46. The van der Waals surface area contributed by atoms with E-state index in [-0.39, 0.29) is 5.56 Å². The van der Waals surface area contributed by atoms with Crippen LogP contribution in [0.2, 0.25) is 0 Å². The van der Waals surface area contributed by atoms with Crippen LogP contribution in [0.25, 0.3) is 0 Å². The van der Waals surface area contributed by atoms with Gasteiger partial charge in [-0.05, 0) is 33.8 Å². The molecule has 2 heterocycles. The van der Waals surface area contributed by atoms with Gasteiger partial charge in [0.05, 0.1) is 40.3 Å². The molecule has 0 aromatic carbocycles. The minimum atomic E-state index is -1.79. The van der Waals surface area contributed by atoms with Crippen LogP contribution in [0.15, 0.2) is 18.5 Å². The van der Waals surface area contributed by atoms with Crippen LogP contribution in [-0.4, -0.2) is 58.0 Å². The van der Waals surface area contributed by atoms with Gasteiger partial charge in [0.25, 0.3) is 5.91 Å². The summed E-state index contributed by atoms with van der Waals surface area (Å²) < 4.78 is 11.8. The molecule has 6 radical (unpaired) electrons. The lowest BCUT2D eigenvalue weighted by molar-refractivity contribution is 0.00578. The summed E-state index contributed by atoms with van der Waals surface area (Å²) in [7, 11) is 15.5. The monoisotopic (exact) mass is 292 g/mol. The van der Waals surface area contributed by atoms with E-state index in [4.69, 9.17) is 32.8 Å². The number of hydrogen-bond donors (Lipinski definition) is 1. The van der Waals surface area contributed by atoms with Gasteiger partial charge < -0.3 is 14.6 Å². The van der Waals surface area contributed by atoms with E-state index in [0.717, 1.165) is 0 Å². The highest BCUT2D eigenvalue weighted by Gasteiger charge is 2.51. The van der Waals surface area contributed by atoms with Gasteiger partial charge in [-0.15, -0.1) is 0 Å². The van der Waals surface area contributed by atoms with Crippen molar-refractivity contribution in [2.45, 2.75) is 44.1 Å². The highest BCUT2D eigenvalue weighted by Crippen LogP contribution is 2.36. The number of nitrogens with zero attached hydrogens (tertiary/aromatic N) is 1. The Kier molecular flexibility index (Phi) is 4.26. The quantitative estimate of drug-likeness (QED) is 0.743. The van der Waals surface area contributed by atoms with Crippen LogP contribution in [-0.2, 0) is 9.31 Å². The van der Waals surface area contributed by atoms with Crippen molar-refractivity contribution in [1.29, 1.82) is 0 Å².